The molecule has 1 saturated heterocycles. The number of halogens is 1. The first kappa shape index (κ1) is 12.5. The first-order chi connectivity index (χ1) is 8.19. The van der Waals surface area contributed by atoms with E-state index in [0.29, 0.717) is 16.9 Å². The van der Waals surface area contributed by atoms with Crippen molar-refractivity contribution in [3.63, 3.8) is 0 Å². The lowest BCUT2D eigenvalue weighted by atomic mass is 10.1. The van der Waals surface area contributed by atoms with Gasteiger partial charge in [-0.1, -0.05) is 11.6 Å². The van der Waals surface area contributed by atoms with E-state index in [1.165, 1.54) is 0 Å². The molecule has 5 heteroatoms. The van der Waals surface area contributed by atoms with Crippen LogP contribution in [0.1, 0.15) is 19.8 Å². The zero-order valence-electron chi connectivity index (χ0n) is 10.0. The highest BCUT2D eigenvalue weighted by molar-refractivity contribution is 6.29. The van der Waals surface area contributed by atoms with Crippen LogP contribution in [-0.2, 0) is 4.74 Å². The molecule has 1 aromatic heterocycles. The molecule has 17 heavy (non-hydrogen) atoms. The molecule has 0 unspecified atom stereocenters. The number of hydrogen-bond donors (Lipinski definition) is 1. The second-order valence-corrected chi connectivity index (χ2v) is 4.61. The molecule has 0 saturated carbocycles. The van der Waals surface area contributed by atoms with E-state index in [2.05, 4.69) is 9.88 Å². The number of nitrogens with zero attached hydrogens (tertiary/aromatic N) is 2. The van der Waals surface area contributed by atoms with E-state index >= 15 is 0 Å². The summed E-state index contributed by atoms with van der Waals surface area (Å²) < 4.78 is 5.62. The zero-order chi connectivity index (χ0) is 12.3. The minimum absolute atomic E-state index is 0.382. The van der Waals surface area contributed by atoms with Gasteiger partial charge < -0.3 is 15.4 Å². The van der Waals surface area contributed by atoms with Crippen molar-refractivity contribution in [3.8, 4) is 0 Å². The van der Waals surface area contributed by atoms with Gasteiger partial charge in [0.05, 0.1) is 6.10 Å². The van der Waals surface area contributed by atoms with E-state index in [-0.39, 0.29) is 0 Å². The average molecular weight is 256 g/mol. The van der Waals surface area contributed by atoms with Crippen molar-refractivity contribution in [2.45, 2.75) is 25.9 Å². The maximum atomic E-state index is 5.91. The molecule has 2 heterocycles. The highest BCUT2D eigenvalue weighted by Crippen LogP contribution is 2.23. The van der Waals surface area contributed by atoms with Crippen LogP contribution in [0, 0.1) is 0 Å². The fraction of sp³-hybridized carbons (Fsp3) is 0.583. The minimum Gasteiger partial charge on any atom is -0.399 e. The molecular formula is C12H18ClN3O. The number of nitrogen functional groups attached to an aromatic ring is 1. The Labute approximate surface area is 107 Å². The third-order valence-electron chi connectivity index (χ3n) is 2.97. The number of hydrogen-bond acceptors (Lipinski definition) is 4. The van der Waals surface area contributed by atoms with E-state index in [9.17, 15) is 0 Å². The first-order valence-electron chi connectivity index (χ1n) is 5.98. The monoisotopic (exact) mass is 255 g/mol. The molecule has 1 fully saturated rings. The van der Waals surface area contributed by atoms with E-state index in [1.54, 1.807) is 6.07 Å². The molecule has 0 aliphatic carbocycles. The van der Waals surface area contributed by atoms with Gasteiger partial charge in [0.15, 0.2) is 0 Å². The predicted molar refractivity (Wildman–Crippen MR) is 70.5 cm³/mol. The Morgan fingerprint density at radius 3 is 2.76 bits per heavy atom. The Bertz CT molecular complexity index is 358. The molecule has 0 amide bonds. The van der Waals surface area contributed by atoms with E-state index < -0.39 is 0 Å². The maximum Gasteiger partial charge on any atom is 0.133 e. The fourth-order valence-corrected chi connectivity index (χ4v) is 2.36. The van der Waals surface area contributed by atoms with Crippen LogP contribution in [0.25, 0.3) is 0 Å². The van der Waals surface area contributed by atoms with Crippen molar-refractivity contribution in [1.82, 2.24) is 4.98 Å². The van der Waals surface area contributed by atoms with Gasteiger partial charge >= 0.3 is 0 Å². The van der Waals surface area contributed by atoms with Crippen LogP contribution in [0.3, 0.4) is 0 Å². The predicted octanol–water partition coefficient (Wildman–Crippen LogP) is 2.32. The Morgan fingerprint density at radius 1 is 1.47 bits per heavy atom. The van der Waals surface area contributed by atoms with Gasteiger partial charge in [0.25, 0.3) is 0 Å². The van der Waals surface area contributed by atoms with Gasteiger partial charge in [0.2, 0.25) is 0 Å². The number of ether oxygens (including phenoxy) is 1. The second-order valence-electron chi connectivity index (χ2n) is 4.22. The Hall–Kier alpha value is -1.00. The zero-order valence-corrected chi connectivity index (χ0v) is 10.8. The number of piperidine rings is 1. The minimum atomic E-state index is 0.382. The first-order valence-corrected chi connectivity index (χ1v) is 6.36. The van der Waals surface area contributed by atoms with Crippen molar-refractivity contribution >= 4 is 23.1 Å². The highest BCUT2D eigenvalue weighted by Gasteiger charge is 2.20. The molecule has 0 bridgehead atoms. The Kier molecular flexibility index (Phi) is 4.07. The van der Waals surface area contributed by atoms with E-state index in [0.717, 1.165) is 38.4 Å². The lowest BCUT2D eigenvalue weighted by Crippen LogP contribution is -2.37. The lowest BCUT2D eigenvalue weighted by molar-refractivity contribution is 0.0458. The largest absolute Gasteiger partial charge is 0.399 e. The van der Waals surface area contributed by atoms with Crippen LogP contribution in [-0.4, -0.2) is 30.8 Å². The van der Waals surface area contributed by atoms with Crippen molar-refractivity contribution in [2.24, 2.45) is 0 Å². The number of rotatable bonds is 3. The molecule has 1 aromatic rings. The molecular weight excluding hydrogens is 238 g/mol. The number of anilines is 2. The fourth-order valence-electron chi connectivity index (χ4n) is 2.15. The molecule has 1 aliphatic rings. The number of nitrogens with two attached hydrogens (primary N) is 1. The molecule has 94 valence electrons. The molecule has 2 rings (SSSR count). The van der Waals surface area contributed by atoms with Gasteiger partial charge in [0.1, 0.15) is 11.0 Å². The third kappa shape index (κ3) is 3.23. The van der Waals surface area contributed by atoms with Gasteiger partial charge in [-0.15, -0.1) is 0 Å². The van der Waals surface area contributed by atoms with Gasteiger partial charge in [-0.3, -0.25) is 0 Å². The summed E-state index contributed by atoms with van der Waals surface area (Å²) in [5.41, 5.74) is 6.42. The van der Waals surface area contributed by atoms with Crippen LogP contribution in [0.5, 0.6) is 0 Å². The van der Waals surface area contributed by atoms with Gasteiger partial charge in [-0.05, 0) is 25.8 Å². The van der Waals surface area contributed by atoms with Crippen molar-refractivity contribution in [2.75, 3.05) is 30.3 Å². The highest BCUT2D eigenvalue weighted by atomic mass is 35.5. The molecule has 4 nitrogen and oxygen atoms in total. The summed E-state index contributed by atoms with van der Waals surface area (Å²) in [6.07, 6.45) is 2.44. The second kappa shape index (κ2) is 5.56. The number of aromatic nitrogens is 1. The van der Waals surface area contributed by atoms with Crippen molar-refractivity contribution in [3.05, 3.63) is 17.3 Å². The van der Waals surface area contributed by atoms with Gasteiger partial charge in [0, 0.05) is 31.5 Å². The summed E-state index contributed by atoms with van der Waals surface area (Å²) in [5.74, 6) is 0.866. The molecule has 0 radical (unpaired) electrons. The standard InChI is InChI=1S/C12H18ClN3O/c1-2-17-10-3-5-16(6-4-10)12-8-9(14)7-11(13)15-12/h7-8,10H,2-6H2,1H3,(H2,14,15). The van der Waals surface area contributed by atoms with E-state index in [1.807, 2.05) is 13.0 Å². The summed E-state index contributed by atoms with van der Waals surface area (Å²) in [4.78, 5) is 6.51. The average Bonchev–Trinajstić information content (AvgIpc) is 2.29. The third-order valence-corrected chi connectivity index (χ3v) is 3.16. The molecule has 0 aromatic carbocycles. The summed E-state index contributed by atoms with van der Waals surface area (Å²) in [5, 5.41) is 0.451. The summed E-state index contributed by atoms with van der Waals surface area (Å²) in [6.45, 7) is 4.70. The number of pyridine rings is 1. The lowest BCUT2D eigenvalue weighted by Gasteiger charge is -2.32. The molecule has 0 spiro atoms. The quantitative estimate of drug-likeness (QED) is 0.843. The van der Waals surface area contributed by atoms with Crippen molar-refractivity contribution < 1.29 is 4.74 Å². The SMILES string of the molecule is CCOC1CCN(c2cc(N)cc(Cl)n2)CC1. The maximum absolute atomic E-state index is 5.91. The van der Waals surface area contributed by atoms with Crippen LogP contribution in [0.2, 0.25) is 5.15 Å². The summed E-state index contributed by atoms with van der Waals surface area (Å²) in [7, 11) is 0. The molecule has 2 N–H and O–H groups in total. The normalized spacial score (nSPS) is 17.4. The van der Waals surface area contributed by atoms with Crippen LogP contribution < -0.4 is 10.6 Å². The van der Waals surface area contributed by atoms with E-state index in [4.69, 9.17) is 22.1 Å². The van der Waals surface area contributed by atoms with Crippen LogP contribution in [0.15, 0.2) is 12.1 Å². The topological polar surface area (TPSA) is 51.4 Å². The molecule has 0 atom stereocenters. The molecule has 1 aliphatic heterocycles. The summed E-state index contributed by atoms with van der Waals surface area (Å²) >= 11 is 5.91. The smallest absolute Gasteiger partial charge is 0.133 e. The van der Waals surface area contributed by atoms with Gasteiger partial charge in [-0.2, -0.15) is 0 Å². The van der Waals surface area contributed by atoms with Crippen LogP contribution >= 0.6 is 11.6 Å². The van der Waals surface area contributed by atoms with Crippen molar-refractivity contribution in [1.29, 1.82) is 0 Å². The Balaban J connectivity index is 2.00. The Morgan fingerprint density at radius 2 is 2.18 bits per heavy atom. The summed E-state index contributed by atoms with van der Waals surface area (Å²) in [6, 6.07) is 3.53. The van der Waals surface area contributed by atoms with Gasteiger partial charge in [-0.25, -0.2) is 4.98 Å². The van der Waals surface area contributed by atoms with Crippen LogP contribution in [0.4, 0.5) is 11.5 Å².